The number of isocyanates is 1. The van der Waals surface area contributed by atoms with Crippen molar-refractivity contribution in [1.82, 2.24) is 0 Å². The topological polar surface area (TPSA) is 57.1 Å². The number of rotatable bonds is 4. The van der Waals surface area contributed by atoms with Crippen LogP contribution in [0.5, 0.6) is 17.2 Å². The summed E-state index contributed by atoms with van der Waals surface area (Å²) in [6.07, 6.45) is 2.15. The molecule has 0 unspecified atom stereocenters. The van der Waals surface area contributed by atoms with E-state index < -0.39 is 0 Å². The first-order chi connectivity index (χ1) is 7.85. The lowest BCUT2D eigenvalue weighted by molar-refractivity contribution is 0.171. The Morgan fingerprint density at radius 3 is 3.12 bits per heavy atom. The quantitative estimate of drug-likeness (QED) is 0.568. The van der Waals surface area contributed by atoms with Gasteiger partial charge in [-0.3, -0.25) is 0 Å². The predicted octanol–water partition coefficient (Wildman–Crippen LogP) is 1.30. The van der Waals surface area contributed by atoms with Crippen molar-refractivity contribution in [2.45, 2.75) is 6.42 Å². The largest absolute Gasteiger partial charge is 0.493 e. The molecule has 0 saturated heterocycles. The second-order valence-electron chi connectivity index (χ2n) is 3.25. The third-order valence-corrected chi connectivity index (χ3v) is 2.29. The fraction of sp³-hybridized carbons (Fsp3) is 0.364. The second-order valence-corrected chi connectivity index (χ2v) is 3.25. The minimum Gasteiger partial charge on any atom is -0.493 e. The Morgan fingerprint density at radius 2 is 2.38 bits per heavy atom. The molecule has 84 valence electrons. The molecule has 1 aromatic rings. The van der Waals surface area contributed by atoms with Crippen LogP contribution in [0.25, 0.3) is 0 Å². The van der Waals surface area contributed by atoms with E-state index in [4.69, 9.17) is 14.2 Å². The van der Waals surface area contributed by atoms with Gasteiger partial charge in [0.1, 0.15) is 0 Å². The zero-order chi connectivity index (χ0) is 11.4. The molecular formula is C11H11NO4. The number of aliphatic imine (C=N–C) groups is 1. The number of fused-ring (bicyclic) bond motifs is 1. The van der Waals surface area contributed by atoms with E-state index in [1.807, 2.05) is 12.1 Å². The molecule has 1 aliphatic heterocycles. The van der Waals surface area contributed by atoms with Crippen molar-refractivity contribution in [2.24, 2.45) is 4.99 Å². The van der Waals surface area contributed by atoms with Gasteiger partial charge in [-0.25, -0.2) is 9.79 Å². The Kier molecular flexibility index (Phi) is 3.08. The summed E-state index contributed by atoms with van der Waals surface area (Å²) in [5.41, 5.74) is 0.986. The molecule has 0 amide bonds. The van der Waals surface area contributed by atoms with Crippen molar-refractivity contribution in [3.05, 3.63) is 17.7 Å². The van der Waals surface area contributed by atoms with Crippen LogP contribution >= 0.6 is 0 Å². The smallest absolute Gasteiger partial charge is 0.234 e. The minimum atomic E-state index is 0.210. The van der Waals surface area contributed by atoms with Crippen molar-refractivity contribution in [2.75, 3.05) is 20.4 Å². The summed E-state index contributed by atoms with van der Waals surface area (Å²) in [7, 11) is 1.57. The van der Waals surface area contributed by atoms with E-state index in [9.17, 15) is 4.79 Å². The third kappa shape index (κ3) is 1.99. The fourth-order valence-corrected chi connectivity index (χ4v) is 1.56. The van der Waals surface area contributed by atoms with Crippen LogP contribution in [0.4, 0.5) is 0 Å². The Balaban J connectivity index is 2.23. The van der Waals surface area contributed by atoms with Gasteiger partial charge < -0.3 is 14.2 Å². The average molecular weight is 221 g/mol. The molecule has 0 aromatic heterocycles. The molecule has 0 aliphatic carbocycles. The molecule has 0 bridgehead atoms. The molecule has 0 spiro atoms. The lowest BCUT2D eigenvalue weighted by atomic mass is 10.1. The number of nitrogens with zero attached hydrogens (tertiary/aromatic N) is 1. The first-order valence-corrected chi connectivity index (χ1v) is 4.85. The summed E-state index contributed by atoms with van der Waals surface area (Å²) in [5, 5.41) is 0. The van der Waals surface area contributed by atoms with Crippen molar-refractivity contribution in [1.29, 1.82) is 0 Å². The van der Waals surface area contributed by atoms with Crippen LogP contribution < -0.4 is 14.2 Å². The van der Waals surface area contributed by atoms with Gasteiger partial charge in [-0.2, -0.15) is 0 Å². The van der Waals surface area contributed by atoms with Gasteiger partial charge in [0.25, 0.3) is 0 Å². The molecule has 1 heterocycles. The van der Waals surface area contributed by atoms with Gasteiger partial charge >= 0.3 is 0 Å². The number of ether oxygens (including phenoxy) is 3. The standard InChI is InChI=1S/C11H11NO4/c1-14-9-4-8(2-3-12-6-13)5-10-11(9)16-7-15-10/h4-5H,2-3,7H2,1H3. The molecular weight excluding hydrogens is 210 g/mol. The molecule has 1 aliphatic rings. The monoisotopic (exact) mass is 221 g/mol. The average Bonchev–Trinajstić information content (AvgIpc) is 2.76. The molecule has 16 heavy (non-hydrogen) atoms. The van der Waals surface area contributed by atoms with Gasteiger partial charge in [0.05, 0.1) is 13.7 Å². The van der Waals surface area contributed by atoms with Crippen molar-refractivity contribution >= 4 is 6.08 Å². The SMILES string of the molecule is COc1cc(CCN=C=O)cc2c1OCO2. The third-order valence-electron chi connectivity index (χ3n) is 2.29. The Labute approximate surface area is 92.6 Å². The Hall–Kier alpha value is -2.00. The number of methoxy groups -OCH3 is 1. The summed E-state index contributed by atoms with van der Waals surface area (Å²) in [6.45, 7) is 0.619. The molecule has 0 N–H and O–H groups in total. The van der Waals surface area contributed by atoms with Crippen LogP contribution in [-0.4, -0.2) is 26.5 Å². The van der Waals surface area contributed by atoms with E-state index in [-0.39, 0.29) is 6.79 Å². The first-order valence-electron chi connectivity index (χ1n) is 4.85. The van der Waals surface area contributed by atoms with Gasteiger partial charge in [0.15, 0.2) is 11.5 Å². The van der Waals surface area contributed by atoms with Crippen LogP contribution in [0, 0.1) is 0 Å². The van der Waals surface area contributed by atoms with Crippen LogP contribution in [0.15, 0.2) is 17.1 Å². The summed E-state index contributed by atoms with van der Waals surface area (Å²) in [6, 6.07) is 3.72. The first kappa shape index (κ1) is 10.5. The summed E-state index contributed by atoms with van der Waals surface area (Å²) in [5.74, 6) is 1.94. The maximum Gasteiger partial charge on any atom is 0.234 e. The van der Waals surface area contributed by atoms with Crippen molar-refractivity contribution in [3.8, 4) is 17.2 Å². The lowest BCUT2D eigenvalue weighted by Crippen LogP contribution is -1.93. The Bertz CT molecular complexity index is 438. The van der Waals surface area contributed by atoms with Crippen molar-refractivity contribution in [3.63, 3.8) is 0 Å². The number of carbonyl (C=O) groups excluding carboxylic acids is 1. The number of hydrogen-bond acceptors (Lipinski definition) is 5. The van der Waals surface area contributed by atoms with Gasteiger partial charge in [-0.05, 0) is 24.1 Å². The van der Waals surface area contributed by atoms with Crippen molar-refractivity contribution < 1.29 is 19.0 Å². The lowest BCUT2D eigenvalue weighted by Gasteiger charge is -2.06. The minimum absolute atomic E-state index is 0.210. The van der Waals surface area contributed by atoms with E-state index in [1.54, 1.807) is 7.11 Å². The highest BCUT2D eigenvalue weighted by molar-refractivity contribution is 5.55. The zero-order valence-electron chi connectivity index (χ0n) is 8.86. The van der Waals surface area contributed by atoms with E-state index in [2.05, 4.69) is 4.99 Å². The molecule has 0 saturated carbocycles. The van der Waals surface area contributed by atoms with Crippen LogP contribution in [-0.2, 0) is 11.2 Å². The highest BCUT2D eigenvalue weighted by atomic mass is 16.7. The zero-order valence-corrected chi connectivity index (χ0v) is 8.86. The summed E-state index contributed by atoms with van der Waals surface area (Å²) < 4.78 is 15.7. The molecule has 5 nitrogen and oxygen atoms in total. The maximum atomic E-state index is 9.94. The molecule has 2 rings (SSSR count). The fourth-order valence-electron chi connectivity index (χ4n) is 1.56. The van der Waals surface area contributed by atoms with Crippen LogP contribution in [0.1, 0.15) is 5.56 Å². The van der Waals surface area contributed by atoms with E-state index in [1.165, 1.54) is 6.08 Å². The van der Waals surface area contributed by atoms with Gasteiger partial charge in [0, 0.05) is 0 Å². The van der Waals surface area contributed by atoms with Gasteiger partial charge in [0.2, 0.25) is 18.6 Å². The molecule has 0 radical (unpaired) electrons. The Morgan fingerprint density at radius 1 is 1.50 bits per heavy atom. The highest BCUT2D eigenvalue weighted by Gasteiger charge is 2.19. The van der Waals surface area contributed by atoms with E-state index in [0.717, 1.165) is 5.56 Å². The molecule has 0 fully saturated rings. The van der Waals surface area contributed by atoms with Crippen LogP contribution in [0.2, 0.25) is 0 Å². The molecule has 5 heteroatoms. The highest BCUT2D eigenvalue weighted by Crippen LogP contribution is 2.41. The van der Waals surface area contributed by atoms with E-state index in [0.29, 0.717) is 30.2 Å². The van der Waals surface area contributed by atoms with Gasteiger partial charge in [-0.1, -0.05) is 0 Å². The van der Waals surface area contributed by atoms with Crippen LogP contribution in [0.3, 0.4) is 0 Å². The molecule has 0 atom stereocenters. The normalized spacial score (nSPS) is 12.1. The second kappa shape index (κ2) is 4.68. The van der Waals surface area contributed by atoms with Gasteiger partial charge in [-0.15, -0.1) is 0 Å². The summed E-state index contributed by atoms with van der Waals surface area (Å²) in [4.78, 5) is 13.4. The predicted molar refractivity (Wildman–Crippen MR) is 55.8 cm³/mol. The number of hydrogen-bond donors (Lipinski definition) is 0. The summed E-state index contributed by atoms with van der Waals surface area (Å²) >= 11 is 0. The van der Waals surface area contributed by atoms with E-state index >= 15 is 0 Å². The maximum absolute atomic E-state index is 9.94. The number of benzene rings is 1. The molecule has 1 aromatic carbocycles.